The lowest BCUT2D eigenvalue weighted by molar-refractivity contribution is -0.121. The smallest absolute Gasteiger partial charge is 0.270 e. The number of aldehydes is 1. The normalized spacial score (nSPS) is 11.0. The second-order valence-corrected chi connectivity index (χ2v) is 5.39. The Balaban J connectivity index is 0.000000922. The van der Waals surface area contributed by atoms with Gasteiger partial charge in [-0.15, -0.1) is 0 Å². The van der Waals surface area contributed by atoms with Crippen molar-refractivity contribution >= 4 is 18.1 Å². The maximum absolute atomic E-state index is 11.8. The molecule has 134 valence electrons. The third kappa shape index (κ3) is 10.4. The fraction of sp³-hybridized carbons (Fsp3) is 0.529. The summed E-state index contributed by atoms with van der Waals surface area (Å²) in [5.74, 6) is -0.485. The van der Waals surface area contributed by atoms with Crippen molar-refractivity contribution in [2.75, 3.05) is 13.6 Å². The molecule has 1 heterocycles. The van der Waals surface area contributed by atoms with Gasteiger partial charge in [-0.1, -0.05) is 26.8 Å². The Hall–Kier alpha value is -2.28. The number of carbonyl (C=O) groups is 3. The van der Waals surface area contributed by atoms with Crippen molar-refractivity contribution in [3.05, 3.63) is 30.1 Å². The quantitative estimate of drug-likeness (QED) is 0.613. The molecule has 0 aliphatic rings. The van der Waals surface area contributed by atoms with Crippen LogP contribution >= 0.6 is 0 Å². The first-order chi connectivity index (χ1) is 11.4. The Bertz CT molecular complexity index is 492. The van der Waals surface area contributed by atoms with Crippen molar-refractivity contribution in [1.29, 1.82) is 0 Å². The van der Waals surface area contributed by atoms with E-state index in [1.807, 2.05) is 7.05 Å². The summed E-state index contributed by atoms with van der Waals surface area (Å²) < 4.78 is 0. The van der Waals surface area contributed by atoms with E-state index in [0.717, 1.165) is 0 Å². The van der Waals surface area contributed by atoms with Crippen molar-refractivity contribution in [3.63, 3.8) is 0 Å². The third-order valence-corrected chi connectivity index (χ3v) is 3.06. The molecule has 1 atom stereocenters. The van der Waals surface area contributed by atoms with E-state index in [1.54, 1.807) is 25.1 Å². The number of nitrogens with one attached hydrogen (secondary N) is 3. The van der Waals surface area contributed by atoms with E-state index < -0.39 is 6.04 Å². The fourth-order valence-electron chi connectivity index (χ4n) is 1.43. The Morgan fingerprint density at radius 3 is 2.42 bits per heavy atom. The second kappa shape index (κ2) is 13.2. The van der Waals surface area contributed by atoms with Gasteiger partial charge in [-0.2, -0.15) is 0 Å². The minimum atomic E-state index is -0.428. The highest BCUT2D eigenvalue weighted by molar-refractivity contribution is 5.92. The summed E-state index contributed by atoms with van der Waals surface area (Å²) >= 11 is 0. The van der Waals surface area contributed by atoms with Crippen LogP contribution in [0.25, 0.3) is 0 Å². The number of pyridine rings is 1. The van der Waals surface area contributed by atoms with E-state index in [-0.39, 0.29) is 30.5 Å². The molecule has 0 spiro atoms. The number of hydrogen-bond donors (Lipinski definition) is 3. The first kappa shape index (κ1) is 21.7. The van der Waals surface area contributed by atoms with Crippen LogP contribution < -0.4 is 16.0 Å². The van der Waals surface area contributed by atoms with Crippen LogP contribution in [0.1, 0.15) is 44.1 Å². The summed E-state index contributed by atoms with van der Waals surface area (Å²) in [6.07, 6.45) is 2.73. The molecule has 0 aliphatic heterocycles. The number of carbonyl (C=O) groups excluding carboxylic acids is 3. The maximum Gasteiger partial charge on any atom is 0.270 e. The highest BCUT2D eigenvalue weighted by Crippen LogP contribution is 1.96. The monoisotopic (exact) mass is 336 g/mol. The first-order valence-electron chi connectivity index (χ1n) is 8.04. The van der Waals surface area contributed by atoms with E-state index in [2.05, 4.69) is 34.8 Å². The van der Waals surface area contributed by atoms with Crippen LogP contribution in [0, 0.1) is 0 Å². The third-order valence-electron chi connectivity index (χ3n) is 3.06. The number of amides is 2. The van der Waals surface area contributed by atoms with Gasteiger partial charge in [-0.3, -0.25) is 14.6 Å². The van der Waals surface area contributed by atoms with Crippen molar-refractivity contribution in [1.82, 2.24) is 20.9 Å². The topological polar surface area (TPSA) is 100 Å². The molecule has 1 rings (SSSR count). The molecule has 0 aromatic carbocycles. The van der Waals surface area contributed by atoms with E-state index in [0.29, 0.717) is 18.7 Å². The Morgan fingerprint density at radius 2 is 1.96 bits per heavy atom. The van der Waals surface area contributed by atoms with Gasteiger partial charge in [0.15, 0.2) is 0 Å². The van der Waals surface area contributed by atoms with Crippen LogP contribution in [0.5, 0.6) is 0 Å². The summed E-state index contributed by atoms with van der Waals surface area (Å²) in [6.45, 7) is 6.18. The maximum atomic E-state index is 11.8. The predicted molar refractivity (Wildman–Crippen MR) is 93.7 cm³/mol. The summed E-state index contributed by atoms with van der Waals surface area (Å²) in [5.41, 5.74) is 0.278. The average molecular weight is 336 g/mol. The Labute approximate surface area is 143 Å². The molecule has 2 amide bonds. The lowest BCUT2D eigenvalue weighted by Gasteiger charge is -2.16. The zero-order chi connectivity index (χ0) is 18.4. The van der Waals surface area contributed by atoms with Gasteiger partial charge in [-0.25, -0.2) is 0 Å². The van der Waals surface area contributed by atoms with Gasteiger partial charge in [0.25, 0.3) is 5.91 Å². The predicted octanol–water partition coefficient (Wildman–Crippen LogP) is 0.909. The highest BCUT2D eigenvalue weighted by Gasteiger charge is 2.14. The largest absolute Gasteiger partial charge is 0.354 e. The minimum Gasteiger partial charge on any atom is -0.354 e. The van der Waals surface area contributed by atoms with Crippen LogP contribution in [0.2, 0.25) is 0 Å². The SMILES string of the molecule is CCC(=O)NCC(CC=O)NC(=O)c1ccccn1.CNC(C)C. The molecule has 0 aliphatic carbocycles. The Kier molecular flexibility index (Phi) is 11.9. The van der Waals surface area contributed by atoms with E-state index in [9.17, 15) is 14.4 Å². The molecule has 1 aromatic heterocycles. The summed E-state index contributed by atoms with van der Waals surface area (Å²) in [4.78, 5) is 37.5. The van der Waals surface area contributed by atoms with Gasteiger partial charge >= 0.3 is 0 Å². The molecule has 3 N–H and O–H groups in total. The van der Waals surface area contributed by atoms with Gasteiger partial charge in [0.1, 0.15) is 12.0 Å². The summed E-state index contributed by atoms with van der Waals surface area (Å²) in [5, 5.41) is 8.34. The van der Waals surface area contributed by atoms with Crippen LogP contribution in [0.15, 0.2) is 24.4 Å². The van der Waals surface area contributed by atoms with Crippen molar-refractivity contribution in [2.45, 2.75) is 45.7 Å². The van der Waals surface area contributed by atoms with Crippen molar-refractivity contribution in [2.24, 2.45) is 0 Å². The van der Waals surface area contributed by atoms with Crippen LogP contribution in [-0.2, 0) is 9.59 Å². The first-order valence-corrected chi connectivity index (χ1v) is 8.04. The molecule has 0 radical (unpaired) electrons. The molecule has 1 unspecified atom stereocenters. The second-order valence-electron chi connectivity index (χ2n) is 5.39. The van der Waals surface area contributed by atoms with Gasteiger partial charge in [0.2, 0.25) is 5.91 Å². The zero-order valence-corrected chi connectivity index (χ0v) is 14.8. The molecule has 7 heteroatoms. The van der Waals surface area contributed by atoms with Gasteiger partial charge in [0.05, 0.1) is 6.04 Å². The van der Waals surface area contributed by atoms with Gasteiger partial charge in [0, 0.05) is 31.6 Å². The number of hydrogen-bond acceptors (Lipinski definition) is 5. The van der Waals surface area contributed by atoms with Gasteiger partial charge in [-0.05, 0) is 19.2 Å². The van der Waals surface area contributed by atoms with Crippen LogP contribution in [0.3, 0.4) is 0 Å². The molecule has 0 bridgehead atoms. The fourth-order valence-corrected chi connectivity index (χ4v) is 1.43. The Morgan fingerprint density at radius 1 is 1.29 bits per heavy atom. The van der Waals surface area contributed by atoms with Gasteiger partial charge < -0.3 is 20.7 Å². The molecule has 0 fully saturated rings. The number of rotatable bonds is 8. The molecule has 0 saturated heterocycles. The zero-order valence-electron chi connectivity index (χ0n) is 14.8. The summed E-state index contributed by atoms with van der Waals surface area (Å²) in [6, 6.07) is 5.20. The van der Waals surface area contributed by atoms with E-state index in [1.165, 1.54) is 6.20 Å². The molecular formula is C17H28N4O3. The minimum absolute atomic E-state index is 0.122. The van der Waals surface area contributed by atoms with Crippen molar-refractivity contribution < 1.29 is 14.4 Å². The molecular weight excluding hydrogens is 308 g/mol. The van der Waals surface area contributed by atoms with Crippen molar-refractivity contribution in [3.8, 4) is 0 Å². The van der Waals surface area contributed by atoms with Crippen LogP contribution in [0.4, 0.5) is 0 Å². The number of aromatic nitrogens is 1. The average Bonchev–Trinajstić information content (AvgIpc) is 2.60. The molecule has 7 nitrogen and oxygen atoms in total. The lowest BCUT2D eigenvalue weighted by Crippen LogP contribution is -2.44. The van der Waals surface area contributed by atoms with Crippen LogP contribution in [-0.4, -0.2) is 48.8 Å². The molecule has 0 saturated carbocycles. The molecule has 24 heavy (non-hydrogen) atoms. The standard InChI is InChI=1S/C13H17N3O3.C4H11N/c1-2-12(18)15-9-10(6-8-17)16-13(19)11-5-3-4-7-14-11;1-4(2)5-3/h3-5,7-8,10H,2,6,9H2,1H3,(H,15,18)(H,16,19);4-5H,1-3H3. The van der Waals surface area contributed by atoms with E-state index >= 15 is 0 Å². The van der Waals surface area contributed by atoms with E-state index in [4.69, 9.17) is 0 Å². The lowest BCUT2D eigenvalue weighted by atomic mass is 10.2. The summed E-state index contributed by atoms with van der Waals surface area (Å²) in [7, 11) is 1.95. The molecule has 1 aromatic rings. The highest BCUT2D eigenvalue weighted by atomic mass is 16.2. The number of nitrogens with zero attached hydrogens (tertiary/aromatic N) is 1.